The molecule has 1 unspecified atom stereocenters. The van der Waals surface area contributed by atoms with Crippen LogP contribution in [0.15, 0.2) is 27.8 Å². The van der Waals surface area contributed by atoms with Crippen LogP contribution in [0.2, 0.25) is 25.7 Å². The average Bonchev–Trinajstić information content (AvgIpc) is 3.59. The molecule has 3 aromatic heterocycles. The number of rotatable bonds is 11. The lowest BCUT2D eigenvalue weighted by atomic mass is 10.1. The summed E-state index contributed by atoms with van der Waals surface area (Å²) in [4.78, 5) is 54.8. The van der Waals surface area contributed by atoms with Crippen molar-refractivity contribution in [2.75, 3.05) is 31.4 Å². The Hall–Kier alpha value is -4.11. The van der Waals surface area contributed by atoms with E-state index in [0.29, 0.717) is 50.2 Å². The van der Waals surface area contributed by atoms with Crippen LogP contribution in [0.4, 0.5) is 15.0 Å². The molecule has 3 aromatic rings. The molecule has 0 saturated heterocycles. The summed E-state index contributed by atoms with van der Waals surface area (Å²) in [6.07, 6.45) is 5.23. The maximum atomic E-state index is 14.6. The number of fused-ring (bicyclic) bond motifs is 2. The van der Waals surface area contributed by atoms with Crippen LogP contribution in [0.1, 0.15) is 49.8 Å². The minimum atomic E-state index is -1.32. The number of hydrogen-bond acceptors (Lipinski definition) is 10. The van der Waals surface area contributed by atoms with Gasteiger partial charge in [-0.1, -0.05) is 19.6 Å². The molecule has 0 bridgehead atoms. The summed E-state index contributed by atoms with van der Waals surface area (Å²) in [5, 5.41) is 0. The lowest BCUT2D eigenvalue weighted by molar-refractivity contribution is -0.122. The molecule has 0 fully saturated rings. The Balaban J connectivity index is 1.28. The van der Waals surface area contributed by atoms with Crippen LogP contribution >= 0.6 is 0 Å². The van der Waals surface area contributed by atoms with Gasteiger partial charge in [0.2, 0.25) is 5.82 Å². The maximum absolute atomic E-state index is 14.6. The van der Waals surface area contributed by atoms with Gasteiger partial charge in [-0.3, -0.25) is 14.7 Å². The van der Waals surface area contributed by atoms with Crippen LogP contribution in [-0.2, 0) is 33.5 Å². The highest BCUT2D eigenvalue weighted by Crippen LogP contribution is 2.31. The molecule has 0 N–H and O–H groups in total. The predicted molar refractivity (Wildman–Crippen MR) is 173 cm³/mol. The highest BCUT2D eigenvalue weighted by molar-refractivity contribution is 6.76. The summed E-state index contributed by atoms with van der Waals surface area (Å²) >= 11 is 0. The molecule has 0 spiro atoms. The summed E-state index contributed by atoms with van der Waals surface area (Å²) in [7, 11) is -1.32. The summed E-state index contributed by atoms with van der Waals surface area (Å²) in [6, 6.07) is 0.642. The van der Waals surface area contributed by atoms with Crippen molar-refractivity contribution in [3.63, 3.8) is 0 Å². The van der Waals surface area contributed by atoms with Crippen LogP contribution in [0.5, 0.6) is 5.88 Å². The first kappa shape index (κ1) is 34.2. The van der Waals surface area contributed by atoms with E-state index in [1.54, 1.807) is 25.7 Å². The Bertz CT molecular complexity index is 1670. The van der Waals surface area contributed by atoms with Crippen molar-refractivity contribution in [2.24, 2.45) is 0 Å². The Morgan fingerprint density at radius 2 is 1.89 bits per heavy atom. The van der Waals surface area contributed by atoms with Crippen molar-refractivity contribution in [3.05, 3.63) is 57.5 Å². The third-order valence-corrected chi connectivity index (χ3v) is 9.69. The number of aryl methyl sites for hydroxylation is 2. The van der Waals surface area contributed by atoms with Crippen LogP contribution in [0.3, 0.4) is 0 Å². The zero-order valence-corrected chi connectivity index (χ0v) is 29.1. The van der Waals surface area contributed by atoms with E-state index in [1.165, 1.54) is 28.1 Å². The fraction of sp³-hybridized carbons (Fsp3) is 0.562. The van der Waals surface area contributed by atoms with Crippen molar-refractivity contribution < 1.29 is 32.6 Å². The van der Waals surface area contributed by atoms with Gasteiger partial charge in [0, 0.05) is 39.4 Å². The molecule has 0 aromatic carbocycles. The third kappa shape index (κ3) is 8.25. The summed E-state index contributed by atoms with van der Waals surface area (Å²) < 4.78 is 38.3. The molecule has 1 aliphatic carbocycles. The van der Waals surface area contributed by atoms with Crippen molar-refractivity contribution in [1.29, 1.82) is 0 Å². The Morgan fingerprint density at radius 3 is 2.60 bits per heavy atom. The maximum Gasteiger partial charge on any atom is 0.425 e. The van der Waals surface area contributed by atoms with E-state index in [0.717, 1.165) is 17.3 Å². The molecular weight excluding hydrogens is 627 g/mol. The van der Waals surface area contributed by atoms with Gasteiger partial charge in [0.1, 0.15) is 23.9 Å². The Labute approximate surface area is 274 Å². The molecule has 0 radical (unpaired) electrons. The number of aromatic nitrogens is 4. The minimum absolute atomic E-state index is 0.00765. The molecule has 15 heteroatoms. The van der Waals surface area contributed by atoms with Gasteiger partial charge in [-0.25, -0.2) is 28.5 Å². The summed E-state index contributed by atoms with van der Waals surface area (Å²) in [5.41, 5.74) is 1.43. The smallest absolute Gasteiger partial charge is 0.425 e. The first-order chi connectivity index (χ1) is 22.1. The Kier molecular flexibility index (Phi) is 9.87. The van der Waals surface area contributed by atoms with Crippen LogP contribution in [-0.4, -0.2) is 82.6 Å². The van der Waals surface area contributed by atoms with E-state index in [9.17, 15) is 18.8 Å². The number of anilines is 1. The van der Waals surface area contributed by atoms with Gasteiger partial charge in [-0.2, -0.15) is 0 Å². The standard InChI is InChI=1S/C32H43FN6O7Si/c1-20-23-13-21(14-24(23)25(33)15-34-20)37(31(42)46-32(2,3)4)10-8-9-22-17-38(30(41)45-22)26-16-35-29-28(36-26)39(27(40)18-44-29)19-43-11-12-47(5,6)7/h15-17,21H,8-14,18-19H2,1-7H3. The van der Waals surface area contributed by atoms with Gasteiger partial charge in [-0.05, 0) is 64.1 Å². The van der Waals surface area contributed by atoms with E-state index in [1.807, 2.05) is 6.92 Å². The number of halogens is 1. The normalized spacial score (nSPS) is 16.1. The second kappa shape index (κ2) is 13.6. The summed E-state index contributed by atoms with van der Waals surface area (Å²) in [6.45, 7) is 14.6. The molecule has 2 amide bonds. The topological polar surface area (TPSA) is 142 Å². The van der Waals surface area contributed by atoms with Gasteiger partial charge < -0.3 is 23.5 Å². The van der Waals surface area contributed by atoms with E-state index in [2.05, 4.69) is 34.6 Å². The fourth-order valence-corrected chi connectivity index (χ4v) is 6.26. The number of carbonyl (C=O) groups excluding carboxylic acids is 2. The number of oxazole rings is 1. The lowest BCUT2D eigenvalue weighted by Crippen LogP contribution is -2.44. The zero-order chi connectivity index (χ0) is 34.1. The molecule has 1 aliphatic heterocycles. The van der Waals surface area contributed by atoms with E-state index >= 15 is 0 Å². The van der Waals surface area contributed by atoms with Gasteiger partial charge in [0.05, 0.1) is 18.6 Å². The second-order valence-corrected chi connectivity index (χ2v) is 19.8. The van der Waals surface area contributed by atoms with Gasteiger partial charge in [-0.15, -0.1) is 0 Å². The number of ether oxygens (including phenoxy) is 3. The quantitative estimate of drug-likeness (QED) is 0.212. The van der Waals surface area contributed by atoms with Crippen LogP contribution in [0.25, 0.3) is 5.82 Å². The molecule has 2 aliphatic rings. The molecule has 5 rings (SSSR count). The van der Waals surface area contributed by atoms with Crippen molar-refractivity contribution in [2.45, 2.75) is 90.7 Å². The van der Waals surface area contributed by atoms with Crippen molar-refractivity contribution in [1.82, 2.24) is 24.4 Å². The number of carbonyl (C=O) groups is 2. The first-order valence-electron chi connectivity index (χ1n) is 15.8. The number of amides is 2. The second-order valence-electron chi connectivity index (χ2n) is 14.1. The van der Waals surface area contributed by atoms with E-state index < -0.39 is 25.5 Å². The van der Waals surface area contributed by atoms with E-state index in [-0.39, 0.29) is 48.6 Å². The molecule has 13 nitrogen and oxygen atoms in total. The highest BCUT2D eigenvalue weighted by atomic mass is 28.3. The van der Waals surface area contributed by atoms with Gasteiger partial charge in [0.25, 0.3) is 11.8 Å². The predicted octanol–water partition coefficient (Wildman–Crippen LogP) is 4.44. The fourth-order valence-electron chi connectivity index (χ4n) is 5.50. The first-order valence-corrected chi connectivity index (χ1v) is 19.5. The number of hydrogen-bond donors (Lipinski definition) is 0. The lowest BCUT2D eigenvalue weighted by Gasteiger charge is -2.31. The summed E-state index contributed by atoms with van der Waals surface area (Å²) in [5.74, 6) is -0.526. The van der Waals surface area contributed by atoms with Crippen LogP contribution in [0, 0.1) is 12.7 Å². The number of pyridine rings is 1. The van der Waals surface area contributed by atoms with Crippen molar-refractivity contribution >= 4 is 25.9 Å². The van der Waals surface area contributed by atoms with Crippen LogP contribution < -0.4 is 15.4 Å². The SMILES string of the molecule is Cc1ncc(F)c2c1CC(N(CCCc1cn(-c3cnc4c(n3)N(COCC[Si](C)(C)C)C(=O)CO4)c(=O)o1)C(=O)OC(C)(C)C)C2. The Morgan fingerprint density at radius 1 is 1.15 bits per heavy atom. The largest absolute Gasteiger partial charge is 0.465 e. The monoisotopic (exact) mass is 670 g/mol. The molecular formula is C32H43FN6O7Si. The van der Waals surface area contributed by atoms with E-state index in [4.69, 9.17) is 18.6 Å². The third-order valence-electron chi connectivity index (χ3n) is 7.98. The van der Waals surface area contributed by atoms with Gasteiger partial charge >= 0.3 is 11.8 Å². The molecule has 254 valence electrons. The number of nitrogens with zero attached hydrogens (tertiary/aromatic N) is 6. The molecule has 0 saturated carbocycles. The molecule has 1 atom stereocenters. The zero-order valence-electron chi connectivity index (χ0n) is 28.1. The minimum Gasteiger partial charge on any atom is -0.465 e. The molecule has 4 heterocycles. The van der Waals surface area contributed by atoms with Crippen molar-refractivity contribution in [3.8, 4) is 11.7 Å². The highest BCUT2D eigenvalue weighted by Gasteiger charge is 2.35. The average molecular weight is 671 g/mol. The van der Waals surface area contributed by atoms with Gasteiger partial charge in [0.15, 0.2) is 12.4 Å². The molecule has 47 heavy (non-hydrogen) atoms.